The molecule has 4 heteroatoms. The molecule has 112 valence electrons. The number of rotatable bonds is 5. The van der Waals surface area contributed by atoms with Crippen LogP contribution >= 0.6 is 0 Å². The molecule has 1 aliphatic heterocycles. The number of primary amides is 1. The van der Waals surface area contributed by atoms with E-state index in [9.17, 15) is 4.79 Å². The Morgan fingerprint density at radius 3 is 2.16 bits per heavy atom. The number of amides is 1. The van der Waals surface area contributed by atoms with Gasteiger partial charge in [0.15, 0.2) is 0 Å². The van der Waals surface area contributed by atoms with Gasteiger partial charge < -0.3 is 16.4 Å². The van der Waals surface area contributed by atoms with Crippen LogP contribution in [0.2, 0.25) is 0 Å². The Bertz CT molecular complexity index is 299. The molecule has 0 saturated carbocycles. The van der Waals surface area contributed by atoms with E-state index in [0.717, 1.165) is 18.9 Å². The van der Waals surface area contributed by atoms with E-state index in [1.165, 1.54) is 25.9 Å². The minimum absolute atomic E-state index is 0.404. The van der Waals surface area contributed by atoms with Crippen LogP contribution in [0.15, 0.2) is 0 Å². The lowest BCUT2D eigenvalue weighted by atomic mass is 9.75. The van der Waals surface area contributed by atoms with E-state index in [2.05, 4.69) is 25.7 Å². The molecule has 19 heavy (non-hydrogen) atoms. The van der Waals surface area contributed by atoms with Crippen molar-refractivity contribution in [2.45, 2.75) is 58.9 Å². The molecule has 1 rings (SSSR count). The Labute approximate surface area is 117 Å². The van der Waals surface area contributed by atoms with Gasteiger partial charge in [0.2, 0.25) is 5.91 Å². The summed E-state index contributed by atoms with van der Waals surface area (Å²) in [5.41, 5.74) is 10.7. The van der Waals surface area contributed by atoms with Crippen LogP contribution in [0.25, 0.3) is 0 Å². The van der Waals surface area contributed by atoms with Crippen molar-refractivity contribution in [3.63, 3.8) is 0 Å². The average molecular weight is 269 g/mol. The fourth-order valence-electron chi connectivity index (χ4n) is 2.82. The van der Waals surface area contributed by atoms with E-state index in [0.29, 0.717) is 11.8 Å². The number of hydrogen-bond donors (Lipinski definition) is 2. The smallest absolute Gasteiger partial charge is 0.237 e. The third-order valence-electron chi connectivity index (χ3n) is 4.55. The van der Waals surface area contributed by atoms with Crippen LogP contribution in [0.3, 0.4) is 0 Å². The predicted molar refractivity (Wildman–Crippen MR) is 79.6 cm³/mol. The van der Waals surface area contributed by atoms with Crippen LogP contribution in [0.5, 0.6) is 0 Å². The summed E-state index contributed by atoms with van der Waals surface area (Å²) in [6, 6.07) is 0. The number of carbonyl (C=O) groups excluding carboxylic acids is 1. The van der Waals surface area contributed by atoms with Gasteiger partial charge in [0.25, 0.3) is 0 Å². The second kappa shape index (κ2) is 6.23. The molecule has 1 fully saturated rings. The molecule has 1 heterocycles. The first kappa shape index (κ1) is 16.4. The van der Waals surface area contributed by atoms with Crippen molar-refractivity contribution < 1.29 is 4.79 Å². The van der Waals surface area contributed by atoms with Crippen LogP contribution in [0.1, 0.15) is 53.4 Å². The van der Waals surface area contributed by atoms with Gasteiger partial charge in [-0.05, 0) is 63.6 Å². The van der Waals surface area contributed by atoms with E-state index >= 15 is 0 Å². The fourth-order valence-corrected chi connectivity index (χ4v) is 2.82. The largest absolute Gasteiger partial charge is 0.368 e. The summed E-state index contributed by atoms with van der Waals surface area (Å²) in [6.45, 7) is 12.1. The summed E-state index contributed by atoms with van der Waals surface area (Å²) in [5, 5.41) is 0. The molecular formula is C15H31N3O. The maximum absolute atomic E-state index is 11.1. The molecule has 0 aromatic heterocycles. The first-order chi connectivity index (χ1) is 8.63. The van der Waals surface area contributed by atoms with E-state index in [4.69, 9.17) is 11.5 Å². The molecule has 0 spiro atoms. The molecule has 4 nitrogen and oxygen atoms in total. The molecule has 0 aromatic rings. The van der Waals surface area contributed by atoms with Crippen LogP contribution in [0.4, 0.5) is 0 Å². The van der Waals surface area contributed by atoms with E-state index < -0.39 is 11.4 Å². The average Bonchev–Trinajstić information content (AvgIpc) is 2.28. The number of likely N-dealkylation sites (tertiary alicyclic amines) is 1. The Kier molecular flexibility index (Phi) is 5.39. The topological polar surface area (TPSA) is 72.3 Å². The molecule has 0 bridgehead atoms. The normalized spacial score (nSPS) is 22.2. The highest BCUT2D eigenvalue weighted by atomic mass is 16.1. The first-order valence-corrected chi connectivity index (χ1v) is 7.44. The van der Waals surface area contributed by atoms with Crippen molar-refractivity contribution in [2.75, 3.05) is 19.6 Å². The standard InChI is InChI=1S/C15H31N3O/c1-14(2,3)12-6-10-18(11-7-12)9-5-8-15(4,17)13(16)19/h12H,5-11,17H2,1-4H3,(H2,16,19). The lowest BCUT2D eigenvalue weighted by Crippen LogP contribution is -2.49. The van der Waals surface area contributed by atoms with Gasteiger partial charge in [0.1, 0.15) is 0 Å². The molecule has 1 atom stereocenters. The first-order valence-electron chi connectivity index (χ1n) is 7.44. The van der Waals surface area contributed by atoms with Crippen LogP contribution in [0, 0.1) is 11.3 Å². The lowest BCUT2D eigenvalue weighted by Gasteiger charge is -2.39. The highest BCUT2D eigenvalue weighted by Gasteiger charge is 2.29. The Balaban J connectivity index is 2.26. The number of nitrogens with two attached hydrogens (primary N) is 2. The SMILES string of the molecule is CC(N)(CCCN1CCC(C(C)(C)C)CC1)C(N)=O. The van der Waals surface area contributed by atoms with Crippen molar-refractivity contribution in [3.05, 3.63) is 0 Å². The van der Waals surface area contributed by atoms with E-state index in [-0.39, 0.29) is 0 Å². The summed E-state index contributed by atoms with van der Waals surface area (Å²) in [6.07, 6.45) is 4.16. The summed E-state index contributed by atoms with van der Waals surface area (Å²) in [5.74, 6) is 0.424. The quantitative estimate of drug-likeness (QED) is 0.798. The molecule has 1 unspecified atom stereocenters. The van der Waals surface area contributed by atoms with Crippen LogP contribution in [-0.2, 0) is 4.79 Å². The molecule has 1 aliphatic rings. The third kappa shape index (κ3) is 5.11. The van der Waals surface area contributed by atoms with Gasteiger partial charge in [-0.2, -0.15) is 0 Å². The van der Waals surface area contributed by atoms with Gasteiger partial charge in [0.05, 0.1) is 5.54 Å². The van der Waals surface area contributed by atoms with Crippen molar-refractivity contribution in [3.8, 4) is 0 Å². The van der Waals surface area contributed by atoms with Gasteiger partial charge in [-0.15, -0.1) is 0 Å². The van der Waals surface area contributed by atoms with E-state index in [1.807, 2.05) is 0 Å². The zero-order valence-electron chi connectivity index (χ0n) is 13.0. The summed E-state index contributed by atoms with van der Waals surface area (Å²) in [7, 11) is 0. The summed E-state index contributed by atoms with van der Waals surface area (Å²) in [4.78, 5) is 13.6. The van der Waals surface area contributed by atoms with Crippen LogP contribution < -0.4 is 11.5 Å². The number of piperidine rings is 1. The highest BCUT2D eigenvalue weighted by Crippen LogP contribution is 2.34. The second-order valence-electron chi connectivity index (χ2n) is 7.37. The third-order valence-corrected chi connectivity index (χ3v) is 4.55. The van der Waals surface area contributed by atoms with Gasteiger partial charge in [-0.1, -0.05) is 20.8 Å². The monoisotopic (exact) mass is 269 g/mol. The van der Waals surface area contributed by atoms with Crippen molar-refractivity contribution >= 4 is 5.91 Å². The molecule has 1 amide bonds. The summed E-state index contributed by atoms with van der Waals surface area (Å²) >= 11 is 0. The van der Waals surface area contributed by atoms with Crippen molar-refractivity contribution in [1.82, 2.24) is 4.90 Å². The maximum Gasteiger partial charge on any atom is 0.237 e. The molecule has 0 aromatic carbocycles. The molecular weight excluding hydrogens is 238 g/mol. The summed E-state index contributed by atoms with van der Waals surface area (Å²) < 4.78 is 0. The second-order valence-corrected chi connectivity index (χ2v) is 7.37. The Morgan fingerprint density at radius 2 is 1.74 bits per heavy atom. The maximum atomic E-state index is 11.1. The van der Waals surface area contributed by atoms with Crippen molar-refractivity contribution in [1.29, 1.82) is 0 Å². The van der Waals surface area contributed by atoms with Gasteiger partial charge in [-0.25, -0.2) is 0 Å². The molecule has 4 N–H and O–H groups in total. The zero-order chi connectivity index (χ0) is 14.7. The van der Waals surface area contributed by atoms with E-state index in [1.54, 1.807) is 6.92 Å². The molecule has 0 aliphatic carbocycles. The molecule has 0 radical (unpaired) electrons. The minimum atomic E-state index is -0.857. The lowest BCUT2D eigenvalue weighted by molar-refractivity contribution is -0.122. The Hall–Kier alpha value is -0.610. The number of hydrogen-bond acceptors (Lipinski definition) is 3. The number of nitrogens with zero attached hydrogens (tertiary/aromatic N) is 1. The Morgan fingerprint density at radius 1 is 1.21 bits per heavy atom. The van der Waals surface area contributed by atoms with Gasteiger partial charge >= 0.3 is 0 Å². The fraction of sp³-hybridized carbons (Fsp3) is 0.933. The van der Waals surface area contributed by atoms with Crippen LogP contribution in [-0.4, -0.2) is 36.0 Å². The highest BCUT2D eigenvalue weighted by molar-refractivity contribution is 5.83. The van der Waals surface area contributed by atoms with Gasteiger partial charge in [-0.3, -0.25) is 4.79 Å². The predicted octanol–water partition coefficient (Wildman–Crippen LogP) is 1.73. The molecule has 1 saturated heterocycles. The minimum Gasteiger partial charge on any atom is -0.368 e. The number of carbonyl (C=O) groups is 1. The zero-order valence-corrected chi connectivity index (χ0v) is 13.0. The van der Waals surface area contributed by atoms with Crippen molar-refractivity contribution in [2.24, 2.45) is 22.8 Å². The van der Waals surface area contributed by atoms with Gasteiger partial charge in [0, 0.05) is 0 Å².